The van der Waals surface area contributed by atoms with Gasteiger partial charge in [-0.05, 0) is 37.6 Å². The Morgan fingerprint density at radius 2 is 2.04 bits per heavy atom. The predicted octanol–water partition coefficient (Wildman–Crippen LogP) is 3.46. The van der Waals surface area contributed by atoms with Crippen LogP contribution in [0.1, 0.15) is 33.9 Å². The SMILES string of the molecule is COCC1(CNC(=O)c2csc(Cc3ccccc3F)n2)CCNCC1.Cl.Cl. The van der Waals surface area contributed by atoms with Crippen molar-refractivity contribution in [2.24, 2.45) is 5.41 Å². The highest BCUT2D eigenvalue weighted by Crippen LogP contribution is 2.28. The second-order valence-electron chi connectivity index (χ2n) is 6.76. The molecule has 0 spiro atoms. The second kappa shape index (κ2) is 11.7. The van der Waals surface area contributed by atoms with E-state index in [1.165, 1.54) is 17.4 Å². The fraction of sp³-hybridized carbons (Fsp3) is 0.474. The molecule has 28 heavy (non-hydrogen) atoms. The molecule has 1 saturated heterocycles. The number of carbonyl (C=O) groups excluding carboxylic acids is 1. The predicted molar refractivity (Wildman–Crippen MR) is 115 cm³/mol. The lowest BCUT2D eigenvalue weighted by Gasteiger charge is -2.37. The van der Waals surface area contributed by atoms with Crippen molar-refractivity contribution in [1.29, 1.82) is 0 Å². The van der Waals surface area contributed by atoms with E-state index in [9.17, 15) is 9.18 Å². The van der Waals surface area contributed by atoms with E-state index in [2.05, 4.69) is 15.6 Å². The van der Waals surface area contributed by atoms with Crippen molar-refractivity contribution >= 4 is 42.1 Å². The number of methoxy groups -OCH3 is 1. The Morgan fingerprint density at radius 3 is 2.71 bits per heavy atom. The van der Waals surface area contributed by atoms with Gasteiger partial charge in [0.05, 0.1) is 11.6 Å². The third-order valence-corrected chi connectivity index (χ3v) is 5.67. The number of aromatic nitrogens is 1. The number of benzene rings is 1. The lowest BCUT2D eigenvalue weighted by atomic mass is 9.79. The van der Waals surface area contributed by atoms with Gasteiger partial charge in [-0.3, -0.25) is 4.79 Å². The molecule has 9 heteroatoms. The topological polar surface area (TPSA) is 63.2 Å². The number of halogens is 3. The highest BCUT2D eigenvalue weighted by atomic mass is 35.5. The van der Waals surface area contributed by atoms with Crippen LogP contribution in [0.2, 0.25) is 0 Å². The smallest absolute Gasteiger partial charge is 0.270 e. The van der Waals surface area contributed by atoms with Crippen molar-refractivity contribution in [3.63, 3.8) is 0 Å². The molecular weight excluding hydrogens is 424 g/mol. The number of amides is 1. The first-order chi connectivity index (χ1) is 12.6. The molecule has 2 heterocycles. The minimum Gasteiger partial charge on any atom is -0.384 e. The van der Waals surface area contributed by atoms with Gasteiger partial charge in [-0.25, -0.2) is 9.37 Å². The largest absolute Gasteiger partial charge is 0.384 e. The Morgan fingerprint density at radius 1 is 1.32 bits per heavy atom. The van der Waals surface area contributed by atoms with Crippen molar-refractivity contribution < 1.29 is 13.9 Å². The van der Waals surface area contributed by atoms with Crippen molar-refractivity contribution in [3.05, 3.63) is 51.7 Å². The number of piperidine rings is 1. The first kappa shape index (κ1) is 24.8. The zero-order valence-corrected chi connectivity index (χ0v) is 18.2. The van der Waals surface area contributed by atoms with Crippen LogP contribution in [0, 0.1) is 11.2 Å². The highest BCUT2D eigenvalue weighted by molar-refractivity contribution is 7.09. The average Bonchev–Trinajstić information content (AvgIpc) is 3.11. The van der Waals surface area contributed by atoms with Gasteiger partial charge in [0.15, 0.2) is 0 Å². The van der Waals surface area contributed by atoms with E-state index in [4.69, 9.17) is 4.74 Å². The first-order valence-corrected chi connectivity index (χ1v) is 9.65. The molecule has 2 N–H and O–H groups in total. The fourth-order valence-electron chi connectivity index (χ4n) is 3.29. The summed E-state index contributed by atoms with van der Waals surface area (Å²) in [4.78, 5) is 16.8. The van der Waals surface area contributed by atoms with Crippen molar-refractivity contribution in [3.8, 4) is 0 Å². The van der Waals surface area contributed by atoms with Crippen LogP contribution < -0.4 is 10.6 Å². The number of carbonyl (C=O) groups is 1. The van der Waals surface area contributed by atoms with Crippen molar-refractivity contribution in [1.82, 2.24) is 15.6 Å². The molecule has 5 nitrogen and oxygen atoms in total. The molecule has 3 rings (SSSR count). The van der Waals surface area contributed by atoms with Gasteiger partial charge in [0, 0.05) is 30.9 Å². The van der Waals surface area contributed by atoms with Crippen LogP contribution in [0.5, 0.6) is 0 Å². The van der Waals surface area contributed by atoms with Gasteiger partial charge in [-0.1, -0.05) is 18.2 Å². The summed E-state index contributed by atoms with van der Waals surface area (Å²) < 4.78 is 19.1. The number of nitrogens with one attached hydrogen (secondary N) is 2. The number of rotatable bonds is 7. The van der Waals surface area contributed by atoms with Gasteiger partial charge in [-0.15, -0.1) is 36.2 Å². The maximum atomic E-state index is 13.8. The summed E-state index contributed by atoms with van der Waals surface area (Å²) in [6.45, 7) is 3.07. The van der Waals surface area contributed by atoms with E-state index < -0.39 is 0 Å². The van der Waals surface area contributed by atoms with Crippen LogP contribution in [0.25, 0.3) is 0 Å². The molecule has 0 atom stereocenters. The van der Waals surface area contributed by atoms with E-state index in [1.807, 2.05) is 0 Å². The van der Waals surface area contributed by atoms with E-state index in [0.29, 0.717) is 30.8 Å². The fourth-order valence-corrected chi connectivity index (χ4v) is 4.09. The van der Waals surface area contributed by atoms with Gasteiger partial charge in [0.1, 0.15) is 11.5 Å². The van der Waals surface area contributed by atoms with Crippen LogP contribution in [0.15, 0.2) is 29.6 Å². The molecule has 1 aromatic carbocycles. The Balaban J connectivity index is 0.00000196. The Hall–Kier alpha value is -1.25. The van der Waals surface area contributed by atoms with Gasteiger partial charge in [0.2, 0.25) is 0 Å². The summed E-state index contributed by atoms with van der Waals surface area (Å²) in [5, 5.41) is 8.81. The summed E-state index contributed by atoms with van der Waals surface area (Å²) in [6.07, 6.45) is 2.33. The van der Waals surface area contributed by atoms with E-state index in [0.717, 1.165) is 30.9 Å². The highest BCUT2D eigenvalue weighted by Gasteiger charge is 2.32. The monoisotopic (exact) mass is 449 g/mol. The molecule has 1 fully saturated rings. The molecule has 0 unspecified atom stereocenters. The standard InChI is InChI=1S/C19H24FN3O2S.2ClH/c1-25-13-19(6-8-21-9-7-19)12-22-18(24)16-11-26-17(23-16)10-14-4-2-3-5-15(14)20;;/h2-5,11,21H,6-10,12-13H2,1H3,(H,22,24);2*1H. The van der Waals surface area contributed by atoms with Gasteiger partial charge < -0.3 is 15.4 Å². The molecule has 2 aromatic rings. The van der Waals surface area contributed by atoms with Gasteiger partial charge >= 0.3 is 0 Å². The van der Waals surface area contributed by atoms with Crippen molar-refractivity contribution in [2.75, 3.05) is 33.4 Å². The summed E-state index contributed by atoms with van der Waals surface area (Å²) in [7, 11) is 1.70. The lowest BCUT2D eigenvalue weighted by Crippen LogP contribution is -2.47. The number of thiazole rings is 1. The molecule has 1 amide bonds. The van der Waals surface area contributed by atoms with Crippen LogP contribution in [0.4, 0.5) is 4.39 Å². The average molecular weight is 450 g/mol. The molecular formula is C19H26Cl2FN3O2S. The van der Waals surface area contributed by atoms with Gasteiger partial charge in [0.25, 0.3) is 5.91 Å². The van der Waals surface area contributed by atoms with Crippen molar-refractivity contribution in [2.45, 2.75) is 19.3 Å². The number of nitrogens with zero attached hydrogens (tertiary/aromatic N) is 1. The molecule has 0 saturated carbocycles. The van der Waals surface area contributed by atoms with Crippen LogP contribution >= 0.6 is 36.2 Å². The maximum absolute atomic E-state index is 13.8. The Bertz CT molecular complexity index is 749. The summed E-state index contributed by atoms with van der Waals surface area (Å²) in [5.74, 6) is -0.434. The van der Waals surface area contributed by atoms with Crippen LogP contribution in [0.3, 0.4) is 0 Å². The third kappa shape index (κ3) is 6.39. The number of hydrogen-bond acceptors (Lipinski definition) is 5. The lowest BCUT2D eigenvalue weighted by molar-refractivity contribution is 0.0511. The molecule has 0 radical (unpaired) electrons. The second-order valence-corrected chi connectivity index (χ2v) is 7.70. The Kier molecular flexibility index (Phi) is 10.3. The summed E-state index contributed by atoms with van der Waals surface area (Å²) in [6, 6.07) is 6.64. The molecule has 1 aliphatic heterocycles. The maximum Gasteiger partial charge on any atom is 0.270 e. The quantitative estimate of drug-likeness (QED) is 0.679. The molecule has 0 aliphatic carbocycles. The first-order valence-electron chi connectivity index (χ1n) is 8.78. The molecule has 1 aliphatic rings. The van der Waals surface area contributed by atoms with Crippen LogP contribution in [-0.4, -0.2) is 44.2 Å². The zero-order chi connectivity index (χ0) is 18.4. The minimum absolute atomic E-state index is 0. The minimum atomic E-state index is -0.249. The molecule has 156 valence electrons. The van der Waals surface area contributed by atoms with E-state index in [1.54, 1.807) is 30.7 Å². The summed E-state index contributed by atoms with van der Waals surface area (Å²) in [5.41, 5.74) is 0.951. The van der Waals surface area contributed by atoms with E-state index in [-0.39, 0.29) is 42.0 Å². The van der Waals surface area contributed by atoms with Crippen LogP contribution in [-0.2, 0) is 11.2 Å². The normalized spacial score (nSPS) is 15.2. The molecule has 1 aromatic heterocycles. The summed E-state index contributed by atoms with van der Waals surface area (Å²) >= 11 is 1.38. The third-order valence-electron chi connectivity index (χ3n) is 4.82. The van der Waals surface area contributed by atoms with Gasteiger partial charge in [-0.2, -0.15) is 0 Å². The van der Waals surface area contributed by atoms with E-state index >= 15 is 0 Å². The molecule has 0 bridgehead atoms. The number of hydrogen-bond donors (Lipinski definition) is 2. The number of ether oxygens (including phenoxy) is 1. The zero-order valence-electron chi connectivity index (χ0n) is 15.7. The Labute approximate surface area is 181 Å².